The first kappa shape index (κ1) is 31.9. The highest BCUT2D eigenvalue weighted by Gasteiger charge is 2.51. The summed E-state index contributed by atoms with van der Waals surface area (Å²) in [4.78, 5) is 12.7. The summed E-state index contributed by atoms with van der Waals surface area (Å²) in [5, 5.41) is 91.4. The molecule has 0 amide bonds. The zero-order chi connectivity index (χ0) is 31.9. The van der Waals surface area contributed by atoms with Crippen molar-refractivity contribution < 1.29 is 74.1 Å². The SMILES string of the molecule is COc1cc(O)c2c(=O)cc(-c3ccc(O[C@H]4O[C@@H]([C@H](CO)O[C@@H]5O[C@H](CO)[C@@H](O)[C@H](O)[C@H]5O)[C@@H](O)[C@@H]4O)c(O)c3)oc2c1. The van der Waals surface area contributed by atoms with Crippen LogP contribution in [0.1, 0.15) is 0 Å². The number of phenols is 2. The molecule has 44 heavy (non-hydrogen) atoms. The first-order chi connectivity index (χ1) is 21.0. The lowest BCUT2D eigenvalue weighted by atomic mass is 9.99. The largest absolute Gasteiger partial charge is 0.507 e. The number of benzene rings is 2. The molecule has 0 unspecified atom stereocenters. The molecule has 2 aromatic carbocycles. The Hall–Kier alpha value is -3.55. The molecule has 0 bridgehead atoms. The van der Waals surface area contributed by atoms with E-state index in [0.717, 1.165) is 6.07 Å². The second kappa shape index (κ2) is 12.8. The molecule has 2 aliphatic rings. The van der Waals surface area contributed by atoms with Gasteiger partial charge in [0.2, 0.25) is 6.29 Å². The molecule has 3 heterocycles. The number of hydrogen-bond donors (Lipinski definition) is 9. The van der Waals surface area contributed by atoms with E-state index >= 15 is 0 Å². The molecule has 2 saturated heterocycles. The fourth-order valence-corrected chi connectivity index (χ4v) is 5.05. The van der Waals surface area contributed by atoms with Gasteiger partial charge in [0.15, 0.2) is 23.2 Å². The van der Waals surface area contributed by atoms with Gasteiger partial charge in [0.25, 0.3) is 0 Å². The molecule has 3 aromatic rings. The molecule has 10 atom stereocenters. The number of aromatic hydroxyl groups is 2. The number of methoxy groups -OCH3 is 1. The number of rotatable bonds is 9. The standard InChI is InChI=1S/C28H32O16/c1-39-11-5-13(32)20-14(33)7-16(40-17(20)6-11)10-2-3-15(12(31)4-10)41-28-25(38)23(36)26(44-28)19(9-30)43-27-24(37)22(35)21(34)18(8-29)42-27/h2-7,18-19,21-32,34-38H,8-9H2,1H3/t18-,19+,21-,22+,23+,24-,25+,26+,27+,28+/m1/s1. The highest BCUT2D eigenvalue weighted by Crippen LogP contribution is 2.37. The molecule has 0 saturated carbocycles. The fourth-order valence-electron chi connectivity index (χ4n) is 5.05. The Bertz CT molecular complexity index is 1520. The topological polar surface area (TPSA) is 258 Å². The van der Waals surface area contributed by atoms with Crippen molar-refractivity contribution in [2.75, 3.05) is 20.3 Å². The molecule has 5 rings (SSSR count). The lowest BCUT2D eigenvalue weighted by molar-refractivity contribution is -0.322. The van der Waals surface area contributed by atoms with Crippen LogP contribution < -0.4 is 14.9 Å². The normalized spacial score (nSPS) is 31.2. The Balaban J connectivity index is 1.31. The molecule has 0 radical (unpaired) electrons. The lowest BCUT2D eigenvalue weighted by Gasteiger charge is -2.41. The number of phenolic OH excluding ortho intramolecular Hbond substituents is 2. The number of aliphatic hydroxyl groups excluding tert-OH is 7. The van der Waals surface area contributed by atoms with Gasteiger partial charge in [-0.2, -0.15) is 0 Å². The van der Waals surface area contributed by atoms with Crippen LogP contribution in [0.5, 0.6) is 23.0 Å². The van der Waals surface area contributed by atoms with Crippen LogP contribution in [-0.2, 0) is 14.2 Å². The van der Waals surface area contributed by atoms with E-state index < -0.39 is 85.8 Å². The molecular weight excluding hydrogens is 592 g/mol. The van der Waals surface area contributed by atoms with Gasteiger partial charge < -0.3 is 74.1 Å². The first-order valence-corrected chi connectivity index (χ1v) is 13.4. The van der Waals surface area contributed by atoms with Crippen molar-refractivity contribution in [3.63, 3.8) is 0 Å². The van der Waals surface area contributed by atoms with E-state index in [0.29, 0.717) is 0 Å². The number of aliphatic hydroxyl groups is 7. The van der Waals surface area contributed by atoms with Gasteiger partial charge >= 0.3 is 0 Å². The van der Waals surface area contributed by atoms with Gasteiger partial charge in [-0.1, -0.05) is 0 Å². The van der Waals surface area contributed by atoms with Gasteiger partial charge in [0.1, 0.15) is 77.1 Å². The predicted octanol–water partition coefficient (Wildman–Crippen LogP) is -2.12. The minimum absolute atomic E-state index is 0.0380. The Kier molecular flexibility index (Phi) is 9.28. The molecule has 0 aliphatic carbocycles. The molecule has 0 spiro atoms. The summed E-state index contributed by atoms with van der Waals surface area (Å²) in [5.41, 5.74) is -0.264. The van der Waals surface area contributed by atoms with Crippen LogP contribution in [-0.4, -0.2) is 128 Å². The van der Waals surface area contributed by atoms with Crippen LogP contribution in [0.3, 0.4) is 0 Å². The molecule has 240 valence electrons. The molecule has 2 fully saturated rings. The van der Waals surface area contributed by atoms with E-state index in [2.05, 4.69) is 0 Å². The monoisotopic (exact) mass is 624 g/mol. The molecular formula is C28H32O16. The maximum Gasteiger partial charge on any atom is 0.229 e. The van der Waals surface area contributed by atoms with E-state index in [1.807, 2.05) is 0 Å². The maximum atomic E-state index is 12.7. The van der Waals surface area contributed by atoms with E-state index in [1.54, 1.807) is 0 Å². The van der Waals surface area contributed by atoms with Crippen LogP contribution in [0, 0.1) is 0 Å². The van der Waals surface area contributed by atoms with Gasteiger partial charge in [-0.25, -0.2) is 0 Å². The summed E-state index contributed by atoms with van der Waals surface area (Å²) in [7, 11) is 1.38. The smallest absolute Gasteiger partial charge is 0.229 e. The Labute approximate surface area is 248 Å². The third-order valence-electron chi connectivity index (χ3n) is 7.47. The quantitative estimate of drug-likeness (QED) is 0.123. The molecule has 1 aromatic heterocycles. The van der Waals surface area contributed by atoms with Gasteiger partial charge in [0.05, 0.1) is 20.3 Å². The summed E-state index contributed by atoms with van der Waals surface area (Å²) in [6.07, 6.45) is -16.1. The third kappa shape index (κ3) is 5.92. The van der Waals surface area contributed by atoms with E-state index in [9.17, 15) is 50.8 Å². The minimum Gasteiger partial charge on any atom is -0.507 e. The Morgan fingerprint density at radius 1 is 0.841 bits per heavy atom. The second-order valence-corrected chi connectivity index (χ2v) is 10.3. The summed E-state index contributed by atoms with van der Waals surface area (Å²) in [6, 6.07) is 7.71. The maximum absolute atomic E-state index is 12.7. The summed E-state index contributed by atoms with van der Waals surface area (Å²) in [6.45, 7) is -1.55. The van der Waals surface area contributed by atoms with Crippen molar-refractivity contribution in [2.24, 2.45) is 0 Å². The third-order valence-corrected chi connectivity index (χ3v) is 7.47. The minimum atomic E-state index is -1.80. The van der Waals surface area contributed by atoms with Crippen LogP contribution >= 0.6 is 0 Å². The predicted molar refractivity (Wildman–Crippen MR) is 145 cm³/mol. The van der Waals surface area contributed by atoms with Gasteiger partial charge in [0, 0.05) is 23.8 Å². The second-order valence-electron chi connectivity index (χ2n) is 10.3. The van der Waals surface area contributed by atoms with Crippen molar-refractivity contribution in [1.82, 2.24) is 0 Å². The van der Waals surface area contributed by atoms with E-state index in [4.69, 9.17) is 28.1 Å². The van der Waals surface area contributed by atoms with Crippen LogP contribution in [0.2, 0.25) is 0 Å². The molecule has 9 N–H and O–H groups in total. The van der Waals surface area contributed by atoms with Crippen LogP contribution in [0.25, 0.3) is 22.3 Å². The molecule has 16 nitrogen and oxygen atoms in total. The highest BCUT2D eigenvalue weighted by atomic mass is 16.7. The number of ether oxygens (including phenoxy) is 5. The Morgan fingerprint density at radius 2 is 1.57 bits per heavy atom. The van der Waals surface area contributed by atoms with E-state index in [-0.39, 0.29) is 39.5 Å². The van der Waals surface area contributed by atoms with Crippen LogP contribution in [0.4, 0.5) is 0 Å². The average molecular weight is 625 g/mol. The van der Waals surface area contributed by atoms with Crippen molar-refractivity contribution in [2.45, 2.75) is 61.4 Å². The van der Waals surface area contributed by atoms with Gasteiger partial charge in [-0.05, 0) is 18.2 Å². The van der Waals surface area contributed by atoms with E-state index in [1.165, 1.54) is 37.4 Å². The zero-order valence-electron chi connectivity index (χ0n) is 23.0. The van der Waals surface area contributed by atoms with Crippen molar-refractivity contribution >= 4 is 11.0 Å². The van der Waals surface area contributed by atoms with Gasteiger partial charge in [-0.3, -0.25) is 4.79 Å². The summed E-state index contributed by atoms with van der Waals surface area (Å²) in [5.74, 6) is -0.712. The highest BCUT2D eigenvalue weighted by molar-refractivity contribution is 5.86. The Morgan fingerprint density at radius 3 is 2.23 bits per heavy atom. The van der Waals surface area contributed by atoms with Crippen molar-refractivity contribution in [3.05, 3.63) is 46.6 Å². The summed E-state index contributed by atoms with van der Waals surface area (Å²) >= 11 is 0. The lowest BCUT2D eigenvalue weighted by Crippen LogP contribution is -2.60. The van der Waals surface area contributed by atoms with Crippen molar-refractivity contribution in [1.29, 1.82) is 0 Å². The van der Waals surface area contributed by atoms with Crippen molar-refractivity contribution in [3.8, 4) is 34.3 Å². The average Bonchev–Trinajstić information content (AvgIpc) is 3.28. The number of fused-ring (bicyclic) bond motifs is 1. The summed E-state index contributed by atoms with van der Waals surface area (Å²) < 4.78 is 32.8. The fraction of sp³-hybridized carbons (Fsp3) is 0.464. The van der Waals surface area contributed by atoms with Gasteiger partial charge in [-0.15, -0.1) is 0 Å². The van der Waals surface area contributed by atoms with Crippen LogP contribution in [0.15, 0.2) is 45.6 Å². The molecule has 2 aliphatic heterocycles. The first-order valence-electron chi connectivity index (χ1n) is 13.4. The molecule has 16 heteroatoms. The number of hydrogen-bond acceptors (Lipinski definition) is 16. The zero-order valence-corrected chi connectivity index (χ0v) is 23.0.